The van der Waals surface area contributed by atoms with Crippen LogP contribution in [0.4, 0.5) is 0 Å². The number of benzene rings is 2. The van der Waals surface area contributed by atoms with E-state index < -0.39 is 5.60 Å². The number of carbonyl (C=O) groups is 1. The third kappa shape index (κ3) is 3.33. The van der Waals surface area contributed by atoms with Crippen molar-refractivity contribution in [2.45, 2.75) is 19.1 Å². The van der Waals surface area contributed by atoms with Gasteiger partial charge in [-0.15, -0.1) is 0 Å². The zero-order chi connectivity index (χ0) is 16.0. The quantitative estimate of drug-likeness (QED) is 0.922. The summed E-state index contributed by atoms with van der Waals surface area (Å²) >= 11 is 0. The summed E-state index contributed by atoms with van der Waals surface area (Å²) in [7, 11) is 1.52. The second-order valence-corrected chi connectivity index (χ2v) is 5.09. The van der Waals surface area contributed by atoms with Crippen molar-refractivity contribution in [1.29, 1.82) is 5.26 Å². The van der Waals surface area contributed by atoms with E-state index in [4.69, 9.17) is 10.00 Å². The Labute approximate surface area is 130 Å². The molecular formula is C18H18N2O2. The standard InChI is InChI=1S/C18H18N2O2/c1-18(22-2,16-6-4-3-5-7-16)17(21)20-13-15-10-8-14(12-19)9-11-15/h3-11H,13H2,1-2H3,(H,20,21). The van der Waals surface area contributed by atoms with Crippen molar-refractivity contribution >= 4 is 5.91 Å². The zero-order valence-electron chi connectivity index (χ0n) is 12.7. The number of methoxy groups -OCH3 is 1. The molecule has 0 saturated heterocycles. The minimum atomic E-state index is -1.03. The van der Waals surface area contributed by atoms with Gasteiger partial charge in [-0.05, 0) is 30.2 Å². The van der Waals surface area contributed by atoms with Crippen molar-refractivity contribution < 1.29 is 9.53 Å². The normalized spacial score (nSPS) is 13.0. The van der Waals surface area contributed by atoms with Crippen molar-refractivity contribution in [2.24, 2.45) is 0 Å². The number of carbonyl (C=O) groups excluding carboxylic acids is 1. The van der Waals surface area contributed by atoms with Crippen molar-refractivity contribution in [3.8, 4) is 6.07 Å². The molecule has 4 heteroatoms. The maximum absolute atomic E-state index is 12.5. The van der Waals surface area contributed by atoms with Crippen molar-refractivity contribution in [3.05, 3.63) is 71.3 Å². The average Bonchev–Trinajstić information content (AvgIpc) is 2.60. The topological polar surface area (TPSA) is 62.1 Å². The van der Waals surface area contributed by atoms with Crippen LogP contribution in [0.5, 0.6) is 0 Å². The number of nitrogens with zero attached hydrogens (tertiary/aromatic N) is 1. The summed E-state index contributed by atoms with van der Waals surface area (Å²) < 4.78 is 5.46. The van der Waals surface area contributed by atoms with Crippen LogP contribution < -0.4 is 5.32 Å². The first-order valence-electron chi connectivity index (χ1n) is 6.98. The van der Waals surface area contributed by atoms with Gasteiger partial charge in [0, 0.05) is 13.7 Å². The Morgan fingerprint density at radius 1 is 1.18 bits per heavy atom. The van der Waals surface area contributed by atoms with E-state index in [1.165, 1.54) is 7.11 Å². The molecule has 0 aliphatic rings. The number of hydrogen-bond acceptors (Lipinski definition) is 3. The van der Waals surface area contributed by atoms with E-state index in [-0.39, 0.29) is 5.91 Å². The number of amides is 1. The van der Waals surface area contributed by atoms with Gasteiger partial charge in [-0.1, -0.05) is 42.5 Å². The molecule has 0 radical (unpaired) electrons. The van der Waals surface area contributed by atoms with Crippen molar-refractivity contribution in [2.75, 3.05) is 7.11 Å². The summed E-state index contributed by atoms with van der Waals surface area (Å²) in [4.78, 5) is 12.5. The lowest BCUT2D eigenvalue weighted by Gasteiger charge is -2.27. The number of nitrogens with one attached hydrogen (secondary N) is 1. The molecular weight excluding hydrogens is 276 g/mol. The fourth-order valence-electron chi connectivity index (χ4n) is 2.15. The molecule has 2 aromatic carbocycles. The van der Waals surface area contributed by atoms with Gasteiger partial charge in [0.25, 0.3) is 5.91 Å². The molecule has 22 heavy (non-hydrogen) atoms. The first kappa shape index (κ1) is 15.7. The molecule has 0 fully saturated rings. The summed E-state index contributed by atoms with van der Waals surface area (Å²) in [5.74, 6) is -0.203. The maximum atomic E-state index is 12.5. The van der Waals surface area contributed by atoms with Crippen LogP contribution in [0, 0.1) is 11.3 Å². The summed E-state index contributed by atoms with van der Waals surface area (Å²) in [5, 5.41) is 11.7. The molecule has 0 heterocycles. The van der Waals surface area contributed by atoms with Gasteiger partial charge in [0.05, 0.1) is 11.6 Å². The third-order valence-corrected chi connectivity index (χ3v) is 3.70. The van der Waals surface area contributed by atoms with Crippen LogP contribution in [0.15, 0.2) is 54.6 Å². The fourth-order valence-corrected chi connectivity index (χ4v) is 2.15. The molecule has 112 valence electrons. The Hall–Kier alpha value is -2.64. The molecule has 2 aromatic rings. The Morgan fingerprint density at radius 3 is 2.36 bits per heavy atom. The lowest BCUT2D eigenvalue weighted by molar-refractivity contribution is -0.142. The van der Waals surface area contributed by atoms with Gasteiger partial charge in [0.2, 0.25) is 0 Å². The van der Waals surface area contributed by atoms with Crippen LogP contribution in [0.1, 0.15) is 23.6 Å². The lowest BCUT2D eigenvalue weighted by Crippen LogP contribution is -2.43. The third-order valence-electron chi connectivity index (χ3n) is 3.70. The van der Waals surface area contributed by atoms with Crippen molar-refractivity contribution in [3.63, 3.8) is 0 Å². The molecule has 0 aromatic heterocycles. The zero-order valence-corrected chi connectivity index (χ0v) is 12.7. The molecule has 1 amide bonds. The van der Waals surface area contributed by atoms with Gasteiger partial charge in [0.1, 0.15) is 0 Å². The van der Waals surface area contributed by atoms with Gasteiger partial charge in [-0.2, -0.15) is 5.26 Å². The molecule has 4 nitrogen and oxygen atoms in total. The highest BCUT2D eigenvalue weighted by atomic mass is 16.5. The number of hydrogen-bond donors (Lipinski definition) is 1. The molecule has 0 spiro atoms. The Kier molecular flexibility index (Phi) is 4.92. The second-order valence-electron chi connectivity index (χ2n) is 5.09. The first-order valence-corrected chi connectivity index (χ1v) is 6.98. The number of rotatable bonds is 5. The van der Waals surface area contributed by atoms with E-state index in [1.54, 1.807) is 19.1 Å². The molecule has 2 rings (SSSR count). The molecule has 0 aliphatic heterocycles. The van der Waals surface area contributed by atoms with Crippen LogP contribution in [0.25, 0.3) is 0 Å². The van der Waals surface area contributed by atoms with Gasteiger partial charge < -0.3 is 10.1 Å². The minimum absolute atomic E-state index is 0.203. The number of nitriles is 1. The highest BCUT2D eigenvalue weighted by Crippen LogP contribution is 2.24. The summed E-state index contributed by atoms with van der Waals surface area (Å²) in [6.07, 6.45) is 0. The van der Waals surface area contributed by atoms with Crippen LogP contribution in [-0.4, -0.2) is 13.0 Å². The summed E-state index contributed by atoms with van der Waals surface area (Å²) in [6.45, 7) is 2.13. The average molecular weight is 294 g/mol. The van der Waals surface area contributed by atoms with E-state index in [2.05, 4.69) is 11.4 Å². The van der Waals surface area contributed by atoms with Crippen LogP contribution in [0.2, 0.25) is 0 Å². The largest absolute Gasteiger partial charge is 0.364 e. The minimum Gasteiger partial charge on any atom is -0.364 e. The highest BCUT2D eigenvalue weighted by Gasteiger charge is 2.34. The molecule has 0 saturated carbocycles. The highest BCUT2D eigenvalue weighted by molar-refractivity contribution is 5.86. The maximum Gasteiger partial charge on any atom is 0.256 e. The molecule has 1 N–H and O–H groups in total. The Balaban J connectivity index is 2.08. The smallest absolute Gasteiger partial charge is 0.256 e. The van der Waals surface area contributed by atoms with E-state index in [0.717, 1.165) is 11.1 Å². The molecule has 0 bridgehead atoms. The number of ether oxygens (including phenoxy) is 1. The molecule has 1 atom stereocenters. The van der Waals surface area contributed by atoms with E-state index in [9.17, 15) is 4.79 Å². The van der Waals surface area contributed by atoms with E-state index >= 15 is 0 Å². The van der Waals surface area contributed by atoms with E-state index in [1.807, 2.05) is 42.5 Å². The van der Waals surface area contributed by atoms with Gasteiger partial charge in [-0.25, -0.2) is 0 Å². The lowest BCUT2D eigenvalue weighted by atomic mass is 9.94. The van der Waals surface area contributed by atoms with Crippen LogP contribution >= 0.6 is 0 Å². The monoisotopic (exact) mass is 294 g/mol. The fraction of sp³-hybridized carbons (Fsp3) is 0.222. The van der Waals surface area contributed by atoms with Gasteiger partial charge in [-0.3, -0.25) is 4.79 Å². The van der Waals surface area contributed by atoms with Gasteiger partial charge >= 0.3 is 0 Å². The molecule has 0 aliphatic carbocycles. The Bertz CT molecular complexity index is 674. The summed E-state index contributed by atoms with van der Waals surface area (Å²) in [6, 6.07) is 18.6. The van der Waals surface area contributed by atoms with Crippen molar-refractivity contribution in [1.82, 2.24) is 5.32 Å². The van der Waals surface area contributed by atoms with Crippen LogP contribution in [-0.2, 0) is 21.7 Å². The predicted molar refractivity (Wildman–Crippen MR) is 83.8 cm³/mol. The predicted octanol–water partition coefficient (Wildman–Crippen LogP) is 2.74. The summed E-state index contributed by atoms with van der Waals surface area (Å²) in [5.41, 5.74) is 1.29. The molecule has 1 unspecified atom stereocenters. The first-order chi connectivity index (χ1) is 10.6. The van der Waals surface area contributed by atoms with E-state index in [0.29, 0.717) is 12.1 Å². The second kappa shape index (κ2) is 6.88. The SMILES string of the molecule is COC(C)(C(=O)NCc1ccc(C#N)cc1)c1ccccc1. The van der Waals surface area contributed by atoms with Crippen LogP contribution in [0.3, 0.4) is 0 Å². The Morgan fingerprint density at radius 2 is 1.82 bits per heavy atom. The van der Waals surface area contributed by atoms with Gasteiger partial charge in [0.15, 0.2) is 5.60 Å².